The summed E-state index contributed by atoms with van der Waals surface area (Å²) in [5, 5.41) is 0. The van der Waals surface area contributed by atoms with Gasteiger partial charge in [0.05, 0.1) is 11.5 Å². The summed E-state index contributed by atoms with van der Waals surface area (Å²) >= 11 is 0. The Hall–Kier alpha value is -2.12. The number of fused-ring (bicyclic) bond motifs is 1. The molecule has 7 heteroatoms. The van der Waals surface area contributed by atoms with Gasteiger partial charge in [0.15, 0.2) is 0 Å². The van der Waals surface area contributed by atoms with Crippen LogP contribution in [0.5, 0.6) is 0 Å². The summed E-state index contributed by atoms with van der Waals surface area (Å²) in [6, 6.07) is 9.99. The number of rotatable bonds is 4. The highest BCUT2D eigenvalue weighted by Gasteiger charge is 2.31. The van der Waals surface area contributed by atoms with Gasteiger partial charge in [-0.1, -0.05) is 12.1 Å². The molecule has 2 aromatic rings. The first-order valence-electron chi connectivity index (χ1n) is 6.76. The summed E-state index contributed by atoms with van der Waals surface area (Å²) in [5.41, 5.74) is 0.562. The van der Waals surface area contributed by atoms with E-state index in [1.807, 2.05) is 19.1 Å². The Bertz CT molecular complexity index is 824. The second-order valence-corrected chi connectivity index (χ2v) is 6.65. The molecule has 1 aliphatic heterocycles. The maximum Gasteiger partial charge on any atom is 0.263 e. The van der Waals surface area contributed by atoms with E-state index in [-0.39, 0.29) is 4.90 Å². The first kappa shape index (κ1) is 14.8. The fourth-order valence-electron chi connectivity index (χ4n) is 2.36. The van der Waals surface area contributed by atoms with E-state index in [1.54, 1.807) is 31.4 Å². The Labute approximate surface area is 128 Å². The van der Waals surface area contributed by atoms with Crippen molar-refractivity contribution in [2.45, 2.75) is 17.9 Å². The van der Waals surface area contributed by atoms with Crippen molar-refractivity contribution in [2.75, 3.05) is 13.7 Å². The van der Waals surface area contributed by atoms with Crippen molar-refractivity contribution < 1.29 is 17.6 Å². The molecule has 1 aliphatic rings. The molecule has 1 unspecified atom stereocenters. The number of nitrogens with zero attached hydrogens (tertiary/aromatic N) is 1. The number of hydrogen-bond acceptors (Lipinski definition) is 5. The molecule has 0 aliphatic carbocycles. The third-order valence-electron chi connectivity index (χ3n) is 3.36. The molecule has 1 aromatic heterocycles. The monoisotopic (exact) mass is 320 g/mol. The zero-order chi connectivity index (χ0) is 15.7. The molecule has 0 saturated carbocycles. The van der Waals surface area contributed by atoms with Crippen LogP contribution in [0.4, 0.5) is 0 Å². The highest BCUT2D eigenvalue weighted by atomic mass is 32.2. The molecule has 0 saturated heterocycles. The van der Waals surface area contributed by atoms with E-state index in [4.69, 9.17) is 9.15 Å². The van der Waals surface area contributed by atoms with Gasteiger partial charge in [-0.25, -0.2) is 8.42 Å². The summed E-state index contributed by atoms with van der Waals surface area (Å²) < 4.78 is 37.4. The highest BCUT2D eigenvalue weighted by Crippen LogP contribution is 2.26. The maximum atomic E-state index is 12.1. The Kier molecular flexibility index (Phi) is 3.76. The van der Waals surface area contributed by atoms with Crippen molar-refractivity contribution in [3.05, 3.63) is 53.5 Å². The first-order valence-corrected chi connectivity index (χ1v) is 8.25. The van der Waals surface area contributed by atoms with Crippen molar-refractivity contribution in [1.29, 1.82) is 0 Å². The number of aliphatic imine (C=N–C) groups is 1. The van der Waals surface area contributed by atoms with Crippen molar-refractivity contribution >= 4 is 15.9 Å². The van der Waals surface area contributed by atoms with Crippen LogP contribution in [-0.2, 0) is 14.8 Å². The van der Waals surface area contributed by atoms with Crippen LogP contribution in [0.1, 0.15) is 23.1 Å². The zero-order valence-corrected chi connectivity index (χ0v) is 13.1. The molecule has 0 radical (unpaired) electrons. The molecule has 3 rings (SSSR count). The minimum atomic E-state index is -3.54. The van der Waals surface area contributed by atoms with Crippen molar-refractivity contribution in [1.82, 2.24) is 4.72 Å². The smallest absolute Gasteiger partial charge is 0.263 e. The van der Waals surface area contributed by atoms with E-state index in [9.17, 15) is 8.42 Å². The Balaban J connectivity index is 2.03. The molecule has 22 heavy (non-hydrogen) atoms. The van der Waals surface area contributed by atoms with Gasteiger partial charge < -0.3 is 9.15 Å². The molecule has 0 amide bonds. The Morgan fingerprint density at radius 3 is 2.73 bits per heavy atom. The zero-order valence-electron chi connectivity index (χ0n) is 12.2. The van der Waals surface area contributed by atoms with Crippen molar-refractivity contribution in [3.63, 3.8) is 0 Å². The summed E-state index contributed by atoms with van der Waals surface area (Å²) in [5.74, 6) is 1.71. The van der Waals surface area contributed by atoms with E-state index < -0.39 is 16.1 Å². The molecular formula is C15H16N2O4S. The number of methoxy groups -OCH3 is 1. The molecule has 0 spiro atoms. The van der Waals surface area contributed by atoms with Crippen molar-refractivity contribution in [2.24, 2.45) is 4.99 Å². The van der Waals surface area contributed by atoms with Crippen LogP contribution in [0.2, 0.25) is 0 Å². The standard InChI is InChI=1S/C15H16N2O4S/c1-10-7-8-13(21-10)12(9-20-2)16-15-11-5-3-4-6-14(11)22(18,19)17-15/h3-8,12H,9H2,1-2H3,(H,16,17). The number of amidine groups is 1. The van der Waals surface area contributed by atoms with Crippen LogP contribution in [0.15, 0.2) is 50.7 Å². The van der Waals surface area contributed by atoms with E-state index in [1.165, 1.54) is 0 Å². The summed E-state index contributed by atoms with van der Waals surface area (Å²) in [7, 11) is -1.98. The summed E-state index contributed by atoms with van der Waals surface area (Å²) in [6.07, 6.45) is 0. The lowest BCUT2D eigenvalue weighted by molar-refractivity contribution is 0.173. The Morgan fingerprint density at radius 2 is 2.05 bits per heavy atom. The van der Waals surface area contributed by atoms with Gasteiger partial charge in [0.2, 0.25) is 0 Å². The van der Waals surface area contributed by atoms with E-state index in [0.29, 0.717) is 23.8 Å². The Morgan fingerprint density at radius 1 is 1.27 bits per heavy atom. The maximum absolute atomic E-state index is 12.1. The van der Waals surface area contributed by atoms with Gasteiger partial charge in [-0.15, -0.1) is 0 Å². The highest BCUT2D eigenvalue weighted by molar-refractivity contribution is 7.90. The summed E-state index contributed by atoms with van der Waals surface area (Å²) in [4.78, 5) is 4.73. The third kappa shape index (κ3) is 2.65. The van der Waals surface area contributed by atoms with E-state index in [2.05, 4.69) is 9.71 Å². The van der Waals surface area contributed by atoms with Crippen LogP contribution in [-0.4, -0.2) is 28.0 Å². The van der Waals surface area contributed by atoms with Gasteiger partial charge in [-0.3, -0.25) is 9.71 Å². The predicted octanol–water partition coefficient (Wildman–Crippen LogP) is 2.01. The van der Waals surface area contributed by atoms with Gasteiger partial charge in [-0.2, -0.15) is 0 Å². The third-order valence-corrected chi connectivity index (χ3v) is 4.76. The lowest BCUT2D eigenvalue weighted by Crippen LogP contribution is -2.23. The molecule has 0 fully saturated rings. The molecule has 1 atom stereocenters. The number of benzene rings is 1. The van der Waals surface area contributed by atoms with E-state index in [0.717, 1.165) is 5.76 Å². The van der Waals surface area contributed by atoms with Crippen LogP contribution < -0.4 is 4.72 Å². The van der Waals surface area contributed by atoms with Gasteiger partial charge in [0.1, 0.15) is 23.4 Å². The molecule has 6 nitrogen and oxygen atoms in total. The fourth-order valence-corrected chi connectivity index (χ4v) is 3.60. The number of hydrogen-bond donors (Lipinski definition) is 1. The molecular weight excluding hydrogens is 304 g/mol. The predicted molar refractivity (Wildman–Crippen MR) is 81.4 cm³/mol. The molecule has 2 heterocycles. The summed E-state index contributed by atoms with van der Waals surface area (Å²) in [6.45, 7) is 2.13. The molecule has 116 valence electrons. The lowest BCUT2D eigenvalue weighted by Gasteiger charge is -2.10. The number of nitrogens with one attached hydrogen (secondary N) is 1. The average Bonchev–Trinajstić information content (AvgIpc) is 3.02. The normalized spacial score (nSPS) is 18.9. The number of aryl methyl sites for hydroxylation is 1. The minimum Gasteiger partial charge on any atom is -0.464 e. The van der Waals surface area contributed by atoms with Crippen LogP contribution >= 0.6 is 0 Å². The van der Waals surface area contributed by atoms with Crippen molar-refractivity contribution in [3.8, 4) is 0 Å². The average molecular weight is 320 g/mol. The van der Waals surface area contributed by atoms with Crippen LogP contribution in [0.3, 0.4) is 0 Å². The lowest BCUT2D eigenvalue weighted by atomic mass is 10.2. The second kappa shape index (κ2) is 5.58. The number of sulfonamides is 1. The van der Waals surface area contributed by atoms with Crippen LogP contribution in [0.25, 0.3) is 0 Å². The molecule has 1 N–H and O–H groups in total. The van der Waals surface area contributed by atoms with Gasteiger partial charge in [-0.05, 0) is 31.2 Å². The largest absolute Gasteiger partial charge is 0.464 e. The SMILES string of the molecule is COCC(N=C1NS(=O)(=O)c2ccccc21)c1ccc(C)o1. The van der Waals surface area contributed by atoms with Crippen LogP contribution in [0, 0.1) is 6.92 Å². The van der Waals surface area contributed by atoms with Gasteiger partial charge in [0.25, 0.3) is 10.0 Å². The first-order chi connectivity index (χ1) is 10.5. The molecule has 1 aromatic carbocycles. The van der Waals surface area contributed by atoms with E-state index >= 15 is 0 Å². The number of furan rings is 1. The quantitative estimate of drug-likeness (QED) is 0.934. The van der Waals surface area contributed by atoms with Gasteiger partial charge in [0, 0.05) is 12.7 Å². The fraction of sp³-hybridized carbons (Fsp3) is 0.267. The van der Waals surface area contributed by atoms with Gasteiger partial charge >= 0.3 is 0 Å². The minimum absolute atomic E-state index is 0.237. The second-order valence-electron chi connectivity index (χ2n) is 5.00. The topological polar surface area (TPSA) is 80.9 Å². The number of ether oxygens (including phenoxy) is 1. The molecule has 0 bridgehead atoms.